The van der Waals surface area contributed by atoms with E-state index >= 15 is 0 Å². The minimum atomic E-state index is -0.593. The predicted octanol–water partition coefficient (Wildman–Crippen LogP) is 0.873. The Labute approximate surface area is 191 Å². The number of piperidine rings is 1. The number of nitrogens with zero attached hydrogens (tertiary/aromatic N) is 2. The fraction of sp³-hybridized carbons (Fsp3) is 0.417. The van der Waals surface area contributed by atoms with Crippen LogP contribution in [0.5, 0.6) is 5.75 Å². The standard InChI is InChI=1S/C24H27N5O4/c30-22-4-3-20(23(31)28-22)29-14-17-9-15(1-2-19(17)24(29)32)10-27-11-16-5-7-26-13-21(16)33-18-6-8-25-12-18/h1-2,5,7,9,13,18,20,25,27H,3-4,6,8,10-12,14H2,(H,28,30,31)/t18-,20?/m0/s1. The fourth-order valence-electron chi connectivity index (χ4n) is 4.65. The first-order chi connectivity index (χ1) is 16.1. The summed E-state index contributed by atoms with van der Waals surface area (Å²) in [4.78, 5) is 42.2. The van der Waals surface area contributed by atoms with E-state index in [1.165, 1.54) is 0 Å². The van der Waals surface area contributed by atoms with E-state index in [9.17, 15) is 14.4 Å². The Morgan fingerprint density at radius 2 is 2.06 bits per heavy atom. The van der Waals surface area contributed by atoms with Crippen LogP contribution >= 0.6 is 0 Å². The first-order valence-corrected chi connectivity index (χ1v) is 11.4. The highest BCUT2D eigenvalue weighted by Gasteiger charge is 2.39. The zero-order valence-corrected chi connectivity index (χ0v) is 18.3. The number of benzene rings is 1. The van der Waals surface area contributed by atoms with E-state index < -0.39 is 11.9 Å². The second-order valence-electron chi connectivity index (χ2n) is 8.71. The van der Waals surface area contributed by atoms with Gasteiger partial charge in [0.25, 0.3) is 5.91 Å². The summed E-state index contributed by atoms with van der Waals surface area (Å²) in [6, 6.07) is 7.15. The molecule has 2 fully saturated rings. The molecule has 33 heavy (non-hydrogen) atoms. The topological polar surface area (TPSA) is 113 Å². The molecule has 4 heterocycles. The quantitative estimate of drug-likeness (QED) is 0.538. The summed E-state index contributed by atoms with van der Waals surface area (Å²) in [5.74, 6) is -0.0217. The molecule has 0 spiro atoms. The smallest absolute Gasteiger partial charge is 0.255 e. The Morgan fingerprint density at radius 1 is 1.15 bits per heavy atom. The molecule has 0 saturated carbocycles. The molecule has 3 amide bonds. The SMILES string of the molecule is O=C1CCC(N2Cc3cc(CNCc4ccncc4O[C@H]4CCNC4)ccc3C2=O)C(=O)N1. The van der Waals surface area contributed by atoms with Crippen molar-refractivity contribution in [2.24, 2.45) is 0 Å². The number of rotatable bonds is 7. The molecule has 1 unspecified atom stereocenters. The van der Waals surface area contributed by atoms with E-state index in [2.05, 4.69) is 20.9 Å². The van der Waals surface area contributed by atoms with Gasteiger partial charge < -0.3 is 20.3 Å². The minimum absolute atomic E-state index is 0.154. The lowest BCUT2D eigenvalue weighted by molar-refractivity contribution is -0.136. The number of aromatic nitrogens is 1. The number of hydrogen-bond donors (Lipinski definition) is 3. The molecule has 3 aliphatic heterocycles. The largest absolute Gasteiger partial charge is 0.487 e. The lowest BCUT2D eigenvalue weighted by Gasteiger charge is -2.29. The van der Waals surface area contributed by atoms with Crippen molar-refractivity contribution in [1.29, 1.82) is 0 Å². The number of amides is 3. The third kappa shape index (κ3) is 4.60. The van der Waals surface area contributed by atoms with Crippen molar-refractivity contribution in [3.05, 3.63) is 58.9 Å². The number of carbonyl (C=O) groups is 3. The van der Waals surface area contributed by atoms with Gasteiger partial charge in [0.15, 0.2) is 0 Å². The average molecular weight is 450 g/mol. The van der Waals surface area contributed by atoms with Gasteiger partial charge in [0.05, 0.1) is 6.20 Å². The summed E-state index contributed by atoms with van der Waals surface area (Å²) in [7, 11) is 0. The summed E-state index contributed by atoms with van der Waals surface area (Å²) in [6.07, 6.45) is 5.32. The Kier molecular flexibility index (Phi) is 6.06. The Balaban J connectivity index is 1.20. The minimum Gasteiger partial charge on any atom is -0.487 e. The Bertz CT molecular complexity index is 1080. The number of carbonyl (C=O) groups excluding carboxylic acids is 3. The van der Waals surface area contributed by atoms with Gasteiger partial charge in [-0.15, -0.1) is 0 Å². The molecule has 1 aromatic carbocycles. The van der Waals surface area contributed by atoms with Crippen molar-refractivity contribution in [2.75, 3.05) is 13.1 Å². The molecule has 1 aromatic heterocycles. The molecule has 9 heteroatoms. The number of pyridine rings is 1. The zero-order valence-electron chi connectivity index (χ0n) is 18.3. The van der Waals surface area contributed by atoms with Crippen LogP contribution in [0.15, 0.2) is 36.7 Å². The number of ether oxygens (including phenoxy) is 1. The molecule has 5 rings (SSSR count). The summed E-state index contributed by atoms with van der Waals surface area (Å²) >= 11 is 0. The molecule has 172 valence electrons. The van der Waals surface area contributed by atoms with Crippen LogP contribution < -0.4 is 20.7 Å². The molecule has 0 aliphatic carbocycles. The maximum absolute atomic E-state index is 12.8. The zero-order chi connectivity index (χ0) is 22.8. The van der Waals surface area contributed by atoms with Crippen LogP contribution in [-0.2, 0) is 29.2 Å². The molecule has 9 nitrogen and oxygen atoms in total. The van der Waals surface area contributed by atoms with Crippen LogP contribution in [0, 0.1) is 0 Å². The van der Waals surface area contributed by atoms with Crippen LogP contribution in [-0.4, -0.2) is 52.8 Å². The van der Waals surface area contributed by atoms with Gasteiger partial charge in [-0.1, -0.05) is 12.1 Å². The van der Waals surface area contributed by atoms with E-state index in [-0.39, 0.29) is 24.3 Å². The Morgan fingerprint density at radius 3 is 2.88 bits per heavy atom. The van der Waals surface area contributed by atoms with Gasteiger partial charge >= 0.3 is 0 Å². The van der Waals surface area contributed by atoms with Crippen molar-refractivity contribution in [3.8, 4) is 5.75 Å². The highest BCUT2D eigenvalue weighted by Crippen LogP contribution is 2.28. The van der Waals surface area contributed by atoms with Crippen LogP contribution in [0.4, 0.5) is 0 Å². The third-order valence-corrected chi connectivity index (χ3v) is 6.41. The van der Waals surface area contributed by atoms with E-state index in [0.29, 0.717) is 31.6 Å². The highest BCUT2D eigenvalue weighted by atomic mass is 16.5. The van der Waals surface area contributed by atoms with Gasteiger partial charge in [0.1, 0.15) is 17.9 Å². The molecule has 2 aromatic rings. The van der Waals surface area contributed by atoms with Crippen LogP contribution in [0.25, 0.3) is 0 Å². The number of hydrogen-bond acceptors (Lipinski definition) is 7. The van der Waals surface area contributed by atoms with Gasteiger partial charge in [-0.05, 0) is 42.6 Å². The number of fused-ring (bicyclic) bond motifs is 1. The van der Waals surface area contributed by atoms with E-state index in [0.717, 1.165) is 42.0 Å². The van der Waals surface area contributed by atoms with Crippen molar-refractivity contribution < 1.29 is 19.1 Å². The van der Waals surface area contributed by atoms with Crippen LogP contribution in [0.3, 0.4) is 0 Å². The maximum atomic E-state index is 12.8. The maximum Gasteiger partial charge on any atom is 0.255 e. The molecular weight excluding hydrogens is 422 g/mol. The predicted molar refractivity (Wildman–Crippen MR) is 119 cm³/mol. The van der Waals surface area contributed by atoms with Gasteiger partial charge in [-0.25, -0.2) is 0 Å². The molecule has 0 radical (unpaired) electrons. The average Bonchev–Trinajstić information content (AvgIpc) is 3.43. The van der Waals surface area contributed by atoms with Crippen molar-refractivity contribution in [3.63, 3.8) is 0 Å². The van der Waals surface area contributed by atoms with Crippen molar-refractivity contribution in [2.45, 2.75) is 51.0 Å². The number of nitrogens with one attached hydrogen (secondary N) is 3. The molecule has 0 bridgehead atoms. The van der Waals surface area contributed by atoms with Gasteiger partial charge in [0, 0.05) is 49.9 Å². The lowest BCUT2D eigenvalue weighted by atomic mass is 10.0. The van der Waals surface area contributed by atoms with Crippen LogP contribution in [0.1, 0.15) is 46.3 Å². The second kappa shape index (κ2) is 9.29. The molecule has 3 N–H and O–H groups in total. The van der Waals surface area contributed by atoms with E-state index in [4.69, 9.17) is 4.74 Å². The summed E-state index contributed by atoms with van der Waals surface area (Å²) in [5.41, 5.74) is 3.64. The first-order valence-electron chi connectivity index (χ1n) is 11.4. The number of imide groups is 1. The third-order valence-electron chi connectivity index (χ3n) is 6.41. The monoisotopic (exact) mass is 449 g/mol. The van der Waals surface area contributed by atoms with Crippen LogP contribution in [0.2, 0.25) is 0 Å². The molecular formula is C24H27N5O4. The summed E-state index contributed by atoms with van der Waals surface area (Å²) in [5, 5.41) is 9.09. The summed E-state index contributed by atoms with van der Waals surface area (Å²) in [6.45, 7) is 3.47. The summed E-state index contributed by atoms with van der Waals surface area (Å²) < 4.78 is 6.10. The van der Waals surface area contributed by atoms with Gasteiger partial charge in [-0.2, -0.15) is 0 Å². The highest BCUT2D eigenvalue weighted by molar-refractivity contribution is 6.05. The first kappa shape index (κ1) is 21.5. The van der Waals surface area contributed by atoms with Gasteiger partial charge in [0.2, 0.25) is 11.8 Å². The molecule has 2 atom stereocenters. The second-order valence-corrected chi connectivity index (χ2v) is 8.71. The molecule has 3 aliphatic rings. The van der Waals surface area contributed by atoms with E-state index in [1.807, 2.05) is 24.3 Å². The van der Waals surface area contributed by atoms with Crippen molar-refractivity contribution in [1.82, 2.24) is 25.8 Å². The van der Waals surface area contributed by atoms with Gasteiger partial charge in [-0.3, -0.25) is 24.7 Å². The lowest BCUT2D eigenvalue weighted by Crippen LogP contribution is -2.52. The Hall–Kier alpha value is -3.30. The fourth-order valence-corrected chi connectivity index (χ4v) is 4.65. The van der Waals surface area contributed by atoms with Crippen molar-refractivity contribution >= 4 is 17.7 Å². The normalized spacial score (nSPS) is 22.4. The molecule has 2 saturated heterocycles. The van der Waals surface area contributed by atoms with E-state index in [1.54, 1.807) is 17.3 Å².